The van der Waals surface area contributed by atoms with Gasteiger partial charge in [0.25, 0.3) is 0 Å². The van der Waals surface area contributed by atoms with Crippen LogP contribution in [0.3, 0.4) is 0 Å². The van der Waals surface area contributed by atoms with E-state index in [0.29, 0.717) is 22.8 Å². The number of aromatic amines is 1. The van der Waals surface area contributed by atoms with Gasteiger partial charge in [-0.1, -0.05) is 17.7 Å². The largest absolute Gasteiger partial charge is 0.489 e. The van der Waals surface area contributed by atoms with Crippen molar-refractivity contribution in [3.8, 4) is 17.2 Å². The molecule has 3 aromatic rings. The number of rotatable bonds is 5. The molecule has 8 heteroatoms. The van der Waals surface area contributed by atoms with Crippen molar-refractivity contribution < 1.29 is 27.8 Å². The monoisotopic (exact) mass is 389 g/mol. The highest BCUT2D eigenvalue weighted by atomic mass is 32.1. The number of aromatic nitrogens is 1. The fraction of sp³-hybridized carbons (Fsp3) is 0.211. The van der Waals surface area contributed by atoms with Gasteiger partial charge in [0.1, 0.15) is 22.9 Å². The summed E-state index contributed by atoms with van der Waals surface area (Å²) >= 11 is -0.750. The summed E-state index contributed by atoms with van der Waals surface area (Å²) in [5.41, 5.74) is 1.92. The lowest BCUT2D eigenvalue weighted by atomic mass is 10.2. The lowest BCUT2D eigenvalue weighted by molar-refractivity contribution is 0.0691. The first-order valence-electron chi connectivity index (χ1n) is 8.07. The van der Waals surface area contributed by atoms with E-state index in [2.05, 4.69) is 4.98 Å². The number of carbonyl (C=O) groups is 1. The fourth-order valence-electron chi connectivity index (χ4n) is 2.45. The molecular weight excluding hydrogens is 370 g/mol. The van der Waals surface area contributed by atoms with Crippen LogP contribution < -0.4 is 9.47 Å². The number of aryl methyl sites for hydroxylation is 1. The fourth-order valence-corrected chi connectivity index (χ4v) is 2.45. The number of fused-ring (bicyclic) bond motifs is 1. The van der Waals surface area contributed by atoms with Crippen LogP contribution in [0.4, 0.5) is 0 Å². The van der Waals surface area contributed by atoms with Gasteiger partial charge in [-0.2, -0.15) is 8.42 Å². The first kappa shape index (κ1) is 20.2. The second kappa shape index (κ2) is 9.00. The Bertz CT molecular complexity index is 972. The number of H-pyrrole nitrogens is 1. The molecule has 0 saturated heterocycles. The van der Waals surface area contributed by atoms with Crippen LogP contribution in [0.25, 0.3) is 10.9 Å². The average Bonchev–Trinajstić information content (AvgIpc) is 3.02. The lowest BCUT2D eigenvalue weighted by Crippen LogP contribution is -2.06. The first-order valence-corrected chi connectivity index (χ1v) is 8.73. The van der Waals surface area contributed by atoms with Crippen molar-refractivity contribution in [2.75, 3.05) is 0 Å². The molecule has 0 saturated carbocycles. The number of benzene rings is 2. The number of carboxylic acid groups (broad SMARTS) is 1. The minimum atomic E-state index is -1.01. The number of carboxylic acids is 1. The summed E-state index contributed by atoms with van der Waals surface area (Å²) in [6, 6.07) is 12.9. The van der Waals surface area contributed by atoms with E-state index in [-0.39, 0.29) is 11.8 Å². The highest BCUT2D eigenvalue weighted by Gasteiger charge is 2.14. The van der Waals surface area contributed by atoms with Gasteiger partial charge >= 0.3 is 17.5 Å². The van der Waals surface area contributed by atoms with E-state index in [9.17, 15) is 9.90 Å². The van der Waals surface area contributed by atoms with E-state index in [1.165, 1.54) is 0 Å². The first-order chi connectivity index (χ1) is 12.8. The molecule has 7 nitrogen and oxygen atoms in total. The van der Waals surface area contributed by atoms with Crippen LogP contribution in [0, 0.1) is 6.92 Å². The van der Waals surface area contributed by atoms with E-state index in [4.69, 9.17) is 17.9 Å². The molecule has 0 amide bonds. The zero-order valence-corrected chi connectivity index (χ0v) is 15.8. The van der Waals surface area contributed by atoms with Gasteiger partial charge < -0.3 is 19.6 Å². The molecular formula is C19H19NO6S. The number of hydrogen-bond donors (Lipinski definition) is 2. The van der Waals surface area contributed by atoms with Crippen LogP contribution in [0.15, 0.2) is 42.5 Å². The van der Waals surface area contributed by atoms with Gasteiger partial charge in [0.05, 0.1) is 11.6 Å². The number of nitrogens with one attached hydrogen (secondary N) is 1. The third kappa shape index (κ3) is 5.42. The Morgan fingerprint density at radius 2 is 1.70 bits per heavy atom. The molecule has 3 rings (SSSR count). The quantitative estimate of drug-likeness (QED) is 0.681. The summed E-state index contributed by atoms with van der Waals surface area (Å²) in [6.45, 7) is 5.85. The summed E-state index contributed by atoms with van der Waals surface area (Å²) in [5.74, 6) is 0.863. The van der Waals surface area contributed by atoms with Gasteiger partial charge in [0.15, 0.2) is 0 Å². The summed E-state index contributed by atoms with van der Waals surface area (Å²) < 4.78 is 28.3. The SMILES string of the molecule is Cc1ccc(Oc2cc(OC(C)C)c3[nH]c(C(=O)O)cc3c2)cc1.O=S=O. The lowest BCUT2D eigenvalue weighted by Gasteiger charge is -2.13. The van der Waals surface area contributed by atoms with Crippen LogP contribution in [0.2, 0.25) is 0 Å². The molecule has 142 valence electrons. The normalized spacial score (nSPS) is 10.2. The molecule has 0 unspecified atom stereocenters. The molecule has 0 aliphatic carbocycles. The second-order valence-electron chi connectivity index (χ2n) is 6.02. The molecule has 1 heterocycles. The van der Waals surface area contributed by atoms with Gasteiger partial charge in [-0.15, -0.1) is 0 Å². The molecule has 1 aromatic heterocycles. The van der Waals surface area contributed by atoms with Gasteiger partial charge in [0.2, 0.25) is 0 Å². The molecule has 0 aliphatic heterocycles. The van der Waals surface area contributed by atoms with Crippen LogP contribution in [0.1, 0.15) is 29.9 Å². The Hall–Kier alpha value is -3.13. The van der Waals surface area contributed by atoms with E-state index in [1.807, 2.05) is 45.0 Å². The highest BCUT2D eigenvalue weighted by molar-refractivity contribution is 7.51. The van der Waals surface area contributed by atoms with Crippen LogP contribution in [0.5, 0.6) is 17.2 Å². The molecule has 2 N–H and O–H groups in total. The van der Waals surface area contributed by atoms with Crippen molar-refractivity contribution >= 4 is 28.4 Å². The summed E-state index contributed by atoms with van der Waals surface area (Å²) in [4.78, 5) is 14.1. The summed E-state index contributed by atoms with van der Waals surface area (Å²) in [6.07, 6.45) is -0.0422. The highest BCUT2D eigenvalue weighted by Crippen LogP contribution is 2.34. The molecule has 0 spiro atoms. The number of aromatic carboxylic acids is 1. The third-order valence-corrected chi connectivity index (χ3v) is 3.52. The Morgan fingerprint density at radius 3 is 2.26 bits per heavy atom. The topological polar surface area (TPSA) is 106 Å². The summed E-state index contributed by atoms with van der Waals surface area (Å²) in [5, 5.41) is 9.92. The van der Waals surface area contributed by atoms with Crippen molar-refractivity contribution in [1.82, 2.24) is 4.98 Å². The smallest absolute Gasteiger partial charge is 0.352 e. The predicted octanol–water partition coefficient (Wildman–Crippen LogP) is 4.08. The van der Waals surface area contributed by atoms with Gasteiger partial charge in [0, 0.05) is 11.5 Å². The maximum Gasteiger partial charge on any atom is 0.352 e. The van der Waals surface area contributed by atoms with Gasteiger partial charge in [-0.25, -0.2) is 4.79 Å². The molecule has 0 atom stereocenters. The Labute approximate surface area is 159 Å². The number of ether oxygens (including phenoxy) is 2. The standard InChI is InChI=1S/C19H19NO4.O2S/c1-11(2)23-17-10-15(24-14-6-4-12(3)5-7-14)8-13-9-16(19(21)22)20-18(13)17;1-3-2/h4-11,20H,1-3H3,(H,21,22);. The predicted molar refractivity (Wildman–Crippen MR) is 101 cm³/mol. The molecule has 27 heavy (non-hydrogen) atoms. The summed E-state index contributed by atoms with van der Waals surface area (Å²) in [7, 11) is 0. The van der Waals surface area contributed by atoms with Crippen LogP contribution in [-0.4, -0.2) is 30.6 Å². The van der Waals surface area contributed by atoms with Gasteiger partial charge in [-0.3, -0.25) is 0 Å². The zero-order valence-electron chi connectivity index (χ0n) is 15.0. The second-order valence-corrected chi connectivity index (χ2v) is 6.16. The number of hydrogen-bond acceptors (Lipinski definition) is 5. The zero-order chi connectivity index (χ0) is 20.0. The average molecular weight is 389 g/mol. The van der Waals surface area contributed by atoms with E-state index in [1.54, 1.807) is 18.2 Å². The Kier molecular flexibility index (Phi) is 6.73. The maximum atomic E-state index is 11.2. The van der Waals surface area contributed by atoms with Crippen molar-refractivity contribution in [3.63, 3.8) is 0 Å². The Balaban J connectivity index is 0.000000817. The van der Waals surface area contributed by atoms with Crippen molar-refractivity contribution in [1.29, 1.82) is 0 Å². The minimum absolute atomic E-state index is 0.0422. The molecule has 0 fully saturated rings. The van der Waals surface area contributed by atoms with Crippen molar-refractivity contribution in [3.05, 3.63) is 53.7 Å². The Morgan fingerprint density at radius 1 is 1.07 bits per heavy atom. The van der Waals surface area contributed by atoms with Crippen molar-refractivity contribution in [2.45, 2.75) is 26.9 Å². The van der Waals surface area contributed by atoms with Gasteiger partial charge in [-0.05, 0) is 45.0 Å². The molecule has 0 bridgehead atoms. The third-order valence-electron chi connectivity index (χ3n) is 3.52. The van der Waals surface area contributed by atoms with E-state index in [0.717, 1.165) is 10.9 Å². The molecule has 0 radical (unpaired) electrons. The van der Waals surface area contributed by atoms with Crippen LogP contribution >= 0.6 is 0 Å². The maximum absolute atomic E-state index is 11.2. The van der Waals surface area contributed by atoms with E-state index >= 15 is 0 Å². The van der Waals surface area contributed by atoms with Crippen LogP contribution in [-0.2, 0) is 11.6 Å². The van der Waals surface area contributed by atoms with E-state index < -0.39 is 17.5 Å². The van der Waals surface area contributed by atoms with Crippen molar-refractivity contribution in [2.24, 2.45) is 0 Å². The molecule has 0 aliphatic rings. The minimum Gasteiger partial charge on any atom is -0.489 e. The molecule has 2 aromatic carbocycles.